The number of carbonyl (C=O) groups excluding carboxylic acids is 1. The summed E-state index contributed by atoms with van der Waals surface area (Å²) in [4.78, 5) is 11.7. The van der Waals surface area contributed by atoms with E-state index in [9.17, 15) is 13.2 Å². The molecule has 0 aromatic heterocycles. The Morgan fingerprint density at radius 2 is 2.11 bits per heavy atom. The van der Waals surface area contributed by atoms with Crippen molar-refractivity contribution in [3.05, 3.63) is 23.8 Å². The average Bonchev–Trinajstić information content (AvgIpc) is 2.64. The normalized spacial score (nSPS) is 19.9. The molecule has 6 heteroatoms. The van der Waals surface area contributed by atoms with Crippen LogP contribution in [-0.2, 0) is 14.8 Å². The molecule has 19 heavy (non-hydrogen) atoms. The minimum absolute atomic E-state index is 0.0977. The molecular weight excluding hydrogens is 264 g/mol. The maximum Gasteiger partial charge on any atom is 0.240 e. The van der Waals surface area contributed by atoms with Crippen LogP contribution < -0.4 is 10.0 Å². The summed E-state index contributed by atoms with van der Waals surface area (Å²) in [6.07, 6.45) is 0.723. The lowest BCUT2D eigenvalue weighted by Gasteiger charge is -2.13. The molecule has 1 aromatic carbocycles. The smallest absolute Gasteiger partial charge is 0.240 e. The van der Waals surface area contributed by atoms with Gasteiger partial charge in [-0.3, -0.25) is 4.79 Å². The van der Waals surface area contributed by atoms with Crippen molar-refractivity contribution in [3.63, 3.8) is 0 Å². The third kappa shape index (κ3) is 2.64. The van der Waals surface area contributed by atoms with Crippen molar-refractivity contribution in [1.82, 2.24) is 4.72 Å². The van der Waals surface area contributed by atoms with E-state index < -0.39 is 10.0 Å². The molecule has 104 valence electrons. The van der Waals surface area contributed by atoms with E-state index in [4.69, 9.17) is 0 Å². The third-order valence-electron chi connectivity index (χ3n) is 3.42. The SMILES string of the molecule is CC[C@@H](C)NS(=O)(=O)c1ccc2c(c1)[C@@H](C)C(=O)N2. The zero-order valence-electron chi connectivity index (χ0n) is 11.2. The summed E-state index contributed by atoms with van der Waals surface area (Å²) in [5, 5.41) is 2.72. The Kier molecular flexibility index (Phi) is 3.64. The largest absolute Gasteiger partial charge is 0.325 e. The fraction of sp³-hybridized carbons (Fsp3) is 0.462. The number of nitrogens with one attached hydrogen (secondary N) is 2. The molecule has 5 nitrogen and oxygen atoms in total. The van der Waals surface area contributed by atoms with Crippen molar-refractivity contribution in [1.29, 1.82) is 0 Å². The topological polar surface area (TPSA) is 75.3 Å². The van der Waals surface area contributed by atoms with Crippen molar-refractivity contribution in [2.24, 2.45) is 0 Å². The maximum atomic E-state index is 12.2. The molecule has 1 amide bonds. The standard InChI is InChI=1S/C13H18N2O3S/c1-4-8(2)15-19(17,18)10-5-6-12-11(7-10)9(3)13(16)14-12/h5-9,15H,4H2,1-3H3,(H,14,16)/t8-,9-/m1/s1. The van der Waals surface area contributed by atoms with Gasteiger partial charge in [-0.2, -0.15) is 0 Å². The van der Waals surface area contributed by atoms with E-state index in [2.05, 4.69) is 10.0 Å². The van der Waals surface area contributed by atoms with Crippen LogP contribution in [0, 0.1) is 0 Å². The van der Waals surface area contributed by atoms with Crippen LogP contribution in [-0.4, -0.2) is 20.4 Å². The van der Waals surface area contributed by atoms with Crippen LogP contribution in [0.2, 0.25) is 0 Å². The Labute approximate surface area is 113 Å². The lowest BCUT2D eigenvalue weighted by atomic mass is 10.0. The molecular formula is C13H18N2O3S. The minimum Gasteiger partial charge on any atom is -0.325 e. The van der Waals surface area contributed by atoms with Crippen LogP contribution in [0.25, 0.3) is 0 Å². The average molecular weight is 282 g/mol. The molecule has 1 aromatic rings. The Bertz CT molecular complexity index is 610. The van der Waals surface area contributed by atoms with Crippen molar-refractivity contribution >= 4 is 21.6 Å². The van der Waals surface area contributed by atoms with Crippen molar-refractivity contribution < 1.29 is 13.2 Å². The summed E-state index contributed by atoms with van der Waals surface area (Å²) < 4.78 is 27.0. The molecule has 0 radical (unpaired) electrons. The molecule has 0 fully saturated rings. The zero-order valence-corrected chi connectivity index (χ0v) is 12.0. The summed E-state index contributed by atoms with van der Waals surface area (Å²) in [5.41, 5.74) is 1.43. The van der Waals surface area contributed by atoms with E-state index in [1.807, 2.05) is 13.8 Å². The lowest BCUT2D eigenvalue weighted by molar-refractivity contribution is -0.116. The maximum absolute atomic E-state index is 12.2. The first-order valence-corrected chi connectivity index (χ1v) is 7.80. The minimum atomic E-state index is -3.52. The second-order valence-corrected chi connectivity index (χ2v) is 6.60. The Balaban J connectivity index is 2.36. The first-order chi connectivity index (χ1) is 8.85. The van der Waals surface area contributed by atoms with E-state index in [-0.39, 0.29) is 22.8 Å². The summed E-state index contributed by atoms with van der Waals surface area (Å²) in [7, 11) is -3.52. The van der Waals surface area contributed by atoms with Crippen LogP contribution in [0.5, 0.6) is 0 Å². The van der Waals surface area contributed by atoms with Gasteiger partial charge in [-0.1, -0.05) is 6.92 Å². The van der Waals surface area contributed by atoms with Gasteiger partial charge in [-0.15, -0.1) is 0 Å². The molecule has 0 saturated heterocycles. The van der Waals surface area contributed by atoms with Crippen LogP contribution in [0.1, 0.15) is 38.7 Å². The molecule has 0 aliphatic carbocycles. The summed E-state index contributed by atoms with van der Waals surface area (Å²) >= 11 is 0. The molecule has 0 bridgehead atoms. The highest BCUT2D eigenvalue weighted by Crippen LogP contribution is 2.33. The van der Waals surface area contributed by atoms with Crippen LogP contribution >= 0.6 is 0 Å². The zero-order chi connectivity index (χ0) is 14.2. The van der Waals surface area contributed by atoms with Gasteiger partial charge in [-0.05, 0) is 44.0 Å². The molecule has 1 aliphatic rings. The van der Waals surface area contributed by atoms with Crippen LogP contribution in [0.3, 0.4) is 0 Å². The number of anilines is 1. The number of amides is 1. The van der Waals surface area contributed by atoms with Gasteiger partial charge in [0.2, 0.25) is 15.9 Å². The van der Waals surface area contributed by atoms with Gasteiger partial charge >= 0.3 is 0 Å². The number of benzene rings is 1. The van der Waals surface area contributed by atoms with Crippen LogP contribution in [0.4, 0.5) is 5.69 Å². The van der Waals surface area contributed by atoms with Gasteiger partial charge in [0, 0.05) is 11.7 Å². The molecule has 1 heterocycles. The van der Waals surface area contributed by atoms with E-state index in [1.54, 1.807) is 19.1 Å². The van der Waals surface area contributed by atoms with Crippen molar-refractivity contribution in [2.45, 2.75) is 44.0 Å². The van der Waals surface area contributed by atoms with Gasteiger partial charge in [0.1, 0.15) is 0 Å². The molecule has 0 spiro atoms. The van der Waals surface area contributed by atoms with Gasteiger partial charge in [0.25, 0.3) is 0 Å². The van der Waals surface area contributed by atoms with Gasteiger partial charge < -0.3 is 5.32 Å². The first-order valence-electron chi connectivity index (χ1n) is 6.32. The number of rotatable bonds is 4. The molecule has 1 aliphatic heterocycles. The molecule has 0 saturated carbocycles. The summed E-state index contributed by atoms with van der Waals surface area (Å²) in [5.74, 6) is -0.409. The number of sulfonamides is 1. The third-order valence-corrected chi connectivity index (χ3v) is 5.01. The molecule has 2 N–H and O–H groups in total. The summed E-state index contributed by atoms with van der Waals surface area (Å²) in [6, 6.07) is 4.61. The second kappa shape index (κ2) is 4.94. The van der Waals surface area contributed by atoms with Gasteiger partial charge in [0.15, 0.2) is 0 Å². The number of carbonyl (C=O) groups is 1. The highest BCUT2D eigenvalue weighted by atomic mass is 32.2. The van der Waals surface area contributed by atoms with Gasteiger partial charge in [-0.25, -0.2) is 13.1 Å². The number of fused-ring (bicyclic) bond motifs is 1. The second-order valence-electron chi connectivity index (χ2n) is 4.89. The Hall–Kier alpha value is -1.40. The fourth-order valence-electron chi connectivity index (χ4n) is 1.98. The van der Waals surface area contributed by atoms with E-state index in [1.165, 1.54) is 6.07 Å². The molecule has 2 rings (SSSR count). The number of hydrogen-bond acceptors (Lipinski definition) is 3. The van der Waals surface area contributed by atoms with Gasteiger partial charge in [0.05, 0.1) is 10.8 Å². The Morgan fingerprint density at radius 1 is 1.42 bits per heavy atom. The Morgan fingerprint density at radius 3 is 2.74 bits per heavy atom. The van der Waals surface area contributed by atoms with Crippen molar-refractivity contribution in [2.75, 3.05) is 5.32 Å². The molecule has 2 atom stereocenters. The highest BCUT2D eigenvalue weighted by Gasteiger charge is 2.28. The predicted octanol–water partition coefficient (Wildman–Crippen LogP) is 1.82. The summed E-state index contributed by atoms with van der Waals surface area (Å²) in [6.45, 7) is 5.50. The monoisotopic (exact) mass is 282 g/mol. The van der Waals surface area contributed by atoms with E-state index in [0.29, 0.717) is 5.69 Å². The predicted molar refractivity (Wildman–Crippen MR) is 73.6 cm³/mol. The lowest BCUT2D eigenvalue weighted by Crippen LogP contribution is -2.32. The highest BCUT2D eigenvalue weighted by molar-refractivity contribution is 7.89. The van der Waals surface area contributed by atoms with E-state index >= 15 is 0 Å². The molecule has 0 unspecified atom stereocenters. The fourth-order valence-corrected chi connectivity index (χ4v) is 3.34. The first kappa shape index (κ1) is 14.0. The number of hydrogen-bond donors (Lipinski definition) is 2. The quantitative estimate of drug-likeness (QED) is 0.884. The van der Waals surface area contributed by atoms with Crippen LogP contribution in [0.15, 0.2) is 23.1 Å². The van der Waals surface area contributed by atoms with Crippen molar-refractivity contribution in [3.8, 4) is 0 Å². The van der Waals surface area contributed by atoms with E-state index in [0.717, 1.165) is 12.0 Å².